The summed E-state index contributed by atoms with van der Waals surface area (Å²) in [6, 6.07) is 14.2. The smallest absolute Gasteiger partial charge is 0.141 e. The van der Waals surface area contributed by atoms with Crippen LogP contribution >= 0.6 is 23.2 Å². The molecule has 4 rings (SSSR count). The highest BCUT2D eigenvalue weighted by Gasteiger charge is 2.29. The van der Waals surface area contributed by atoms with Crippen molar-refractivity contribution in [1.29, 1.82) is 0 Å². The number of rotatable bonds is 1. The van der Waals surface area contributed by atoms with Crippen LogP contribution in [0.2, 0.25) is 10.0 Å². The lowest BCUT2D eigenvalue weighted by Gasteiger charge is -2.16. The SMILES string of the molecule is Clc1ccc([C@H]2c3ccccc3-c3nccn32)cc1Cl. The number of fused-ring (bicyclic) bond motifs is 3. The lowest BCUT2D eigenvalue weighted by molar-refractivity contribution is 0.716. The third-order valence-corrected chi connectivity index (χ3v) is 4.44. The Balaban J connectivity index is 1.96. The van der Waals surface area contributed by atoms with Gasteiger partial charge in [-0.3, -0.25) is 0 Å². The number of imidazole rings is 1. The van der Waals surface area contributed by atoms with Gasteiger partial charge in [-0.1, -0.05) is 53.5 Å². The summed E-state index contributed by atoms with van der Waals surface area (Å²) in [6.45, 7) is 0. The minimum absolute atomic E-state index is 0.110. The second kappa shape index (κ2) is 4.37. The first-order valence-electron chi connectivity index (χ1n) is 6.33. The molecule has 0 unspecified atom stereocenters. The van der Waals surface area contributed by atoms with Crippen LogP contribution in [0.1, 0.15) is 17.2 Å². The molecule has 2 heterocycles. The molecule has 1 aromatic heterocycles. The molecule has 0 spiro atoms. The van der Waals surface area contributed by atoms with E-state index in [1.807, 2.05) is 36.7 Å². The van der Waals surface area contributed by atoms with E-state index in [2.05, 4.69) is 27.8 Å². The molecule has 0 aliphatic carbocycles. The molecule has 20 heavy (non-hydrogen) atoms. The number of nitrogens with zero attached hydrogens (tertiary/aromatic N) is 2. The Morgan fingerprint density at radius 3 is 2.70 bits per heavy atom. The molecule has 0 saturated carbocycles. The van der Waals surface area contributed by atoms with Crippen molar-refractivity contribution < 1.29 is 0 Å². The Morgan fingerprint density at radius 1 is 1.00 bits per heavy atom. The van der Waals surface area contributed by atoms with Crippen LogP contribution in [0.4, 0.5) is 0 Å². The summed E-state index contributed by atoms with van der Waals surface area (Å²) in [6.07, 6.45) is 3.83. The van der Waals surface area contributed by atoms with E-state index in [1.165, 1.54) is 11.1 Å². The van der Waals surface area contributed by atoms with Gasteiger partial charge in [-0.15, -0.1) is 0 Å². The maximum atomic E-state index is 6.16. The first-order valence-corrected chi connectivity index (χ1v) is 7.08. The summed E-state index contributed by atoms with van der Waals surface area (Å²) in [5, 5.41) is 1.16. The lowest BCUT2D eigenvalue weighted by Crippen LogP contribution is -2.06. The van der Waals surface area contributed by atoms with E-state index >= 15 is 0 Å². The first-order chi connectivity index (χ1) is 9.75. The zero-order chi connectivity index (χ0) is 13.7. The standard InChI is InChI=1S/C16H10Cl2N2/c17-13-6-5-10(9-14(13)18)15-11-3-1-2-4-12(11)16-19-7-8-20(15)16/h1-9,15H/t15-/m0/s1. The van der Waals surface area contributed by atoms with Crippen molar-refractivity contribution in [2.24, 2.45) is 0 Å². The molecule has 98 valence electrons. The van der Waals surface area contributed by atoms with Gasteiger partial charge in [0.2, 0.25) is 0 Å². The quantitative estimate of drug-likeness (QED) is 0.493. The summed E-state index contributed by atoms with van der Waals surface area (Å²) in [5.74, 6) is 0.997. The predicted octanol–water partition coefficient (Wildman–Crippen LogP) is 4.81. The molecule has 0 radical (unpaired) electrons. The fraction of sp³-hybridized carbons (Fsp3) is 0.0625. The number of hydrogen-bond acceptors (Lipinski definition) is 1. The summed E-state index contributed by atoms with van der Waals surface area (Å²) in [7, 11) is 0. The molecule has 2 aromatic carbocycles. The van der Waals surface area contributed by atoms with E-state index in [9.17, 15) is 0 Å². The van der Waals surface area contributed by atoms with Gasteiger partial charge in [-0.25, -0.2) is 4.98 Å². The Hall–Kier alpha value is -1.77. The van der Waals surface area contributed by atoms with Gasteiger partial charge in [0.25, 0.3) is 0 Å². The molecular formula is C16H10Cl2N2. The molecule has 2 nitrogen and oxygen atoms in total. The zero-order valence-corrected chi connectivity index (χ0v) is 11.9. The Bertz CT molecular complexity index is 808. The van der Waals surface area contributed by atoms with E-state index in [4.69, 9.17) is 23.2 Å². The minimum Gasteiger partial charge on any atom is -0.319 e. The maximum absolute atomic E-state index is 6.16. The van der Waals surface area contributed by atoms with Crippen molar-refractivity contribution in [1.82, 2.24) is 9.55 Å². The average molecular weight is 301 g/mol. The van der Waals surface area contributed by atoms with E-state index in [0.717, 1.165) is 11.4 Å². The fourth-order valence-electron chi connectivity index (χ4n) is 2.84. The van der Waals surface area contributed by atoms with Crippen molar-refractivity contribution in [2.45, 2.75) is 6.04 Å². The van der Waals surface area contributed by atoms with Crippen LogP contribution in [-0.2, 0) is 0 Å². The molecule has 0 saturated heterocycles. The minimum atomic E-state index is 0.110. The van der Waals surface area contributed by atoms with Crippen molar-refractivity contribution >= 4 is 23.2 Å². The Kier molecular flexibility index (Phi) is 2.62. The number of aromatic nitrogens is 2. The molecule has 0 N–H and O–H groups in total. The summed E-state index contributed by atoms with van der Waals surface area (Å²) in [4.78, 5) is 4.46. The second-order valence-electron chi connectivity index (χ2n) is 4.82. The Morgan fingerprint density at radius 2 is 1.85 bits per heavy atom. The molecule has 1 aliphatic heterocycles. The van der Waals surface area contributed by atoms with Gasteiger partial charge >= 0.3 is 0 Å². The zero-order valence-electron chi connectivity index (χ0n) is 10.4. The normalized spacial score (nSPS) is 16.0. The lowest BCUT2D eigenvalue weighted by atomic mass is 9.97. The van der Waals surface area contributed by atoms with E-state index in [0.29, 0.717) is 10.0 Å². The Labute approximate surface area is 126 Å². The van der Waals surface area contributed by atoms with Gasteiger partial charge in [0, 0.05) is 18.0 Å². The number of halogens is 2. The van der Waals surface area contributed by atoms with Crippen LogP contribution in [0.5, 0.6) is 0 Å². The van der Waals surface area contributed by atoms with Gasteiger partial charge in [-0.05, 0) is 23.3 Å². The summed E-state index contributed by atoms with van der Waals surface area (Å²) < 4.78 is 2.17. The van der Waals surface area contributed by atoms with Gasteiger partial charge in [0.15, 0.2) is 0 Å². The average Bonchev–Trinajstić information content (AvgIpc) is 3.02. The van der Waals surface area contributed by atoms with Crippen LogP contribution in [0.15, 0.2) is 54.9 Å². The van der Waals surface area contributed by atoms with Crippen molar-refractivity contribution in [3.63, 3.8) is 0 Å². The van der Waals surface area contributed by atoms with Crippen molar-refractivity contribution in [3.8, 4) is 11.4 Å². The maximum Gasteiger partial charge on any atom is 0.141 e. The van der Waals surface area contributed by atoms with Crippen LogP contribution in [-0.4, -0.2) is 9.55 Å². The van der Waals surface area contributed by atoms with Crippen LogP contribution in [0, 0.1) is 0 Å². The highest BCUT2D eigenvalue weighted by molar-refractivity contribution is 6.42. The topological polar surface area (TPSA) is 17.8 Å². The first kappa shape index (κ1) is 12.0. The molecule has 1 aliphatic rings. The van der Waals surface area contributed by atoms with E-state index < -0.39 is 0 Å². The van der Waals surface area contributed by atoms with Gasteiger partial charge in [0.1, 0.15) is 5.82 Å². The highest BCUT2D eigenvalue weighted by Crippen LogP contribution is 2.42. The molecule has 0 bridgehead atoms. The number of benzene rings is 2. The van der Waals surface area contributed by atoms with Crippen molar-refractivity contribution in [2.75, 3.05) is 0 Å². The van der Waals surface area contributed by atoms with Crippen molar-refractivity contribution in [3.05, 3.63) is 76.0 Å². The second-order valence-corrected chi connectivity index (χ2v) is 5.64. The third kappa shape index (κ3) is 1.62. The monoisotopic (exact) mass is 300 g/mol. The van der Waals surface area contributed by atoms with E-state index in [-0.39, 0.29) is 6.04 Å². The summed E-state index contributed by atoms with van der Waals surface area (Å²) in [5.41, 5.74) is 3.53. The predicted molar refractivity (Wildman–Crippen MR) is 81.4 cm³/mol. The van der Waals surface area contributed by atoms with Gasteiger partial charge in [-0.2, -0.15) is 0 Å². The van der Waals surface area contributed by atoms with Crippen LogP contribution < -0.4 is 0 Å². The largest absolute Gasteiger partial charge is 0.319 e. The van der Waals surface area contributed by atoms with Gasteiger partial charge in [0.05, 0.1) is 16.1 Å². The molecule has 1 atom stereocenters. The molecule has 0 amide bonds. The van der Waals surface area contributed by atoms with E-state index in [1.54, 1.807) is 0 Å². The number of hydrogen-bond donors (Lipinski definition) is 0. The highest BCUT2D eigenvalue weighted by atomic mass is 35.5. The third-order valence-electron chi connectivity index (χ3n) is 3.70. The fourth-order valence-corrected chi connectivity index (χ4v) is 3.15. The van der Waals surface area contributed by atoms with Crippen LogP contribution in [0.3, 0.4) is 0 Å². The molecule has 3 aromatic rings. The van der Waals surface area contributed by atoms with Crippen LogP contribution in [0.25, 0.3) is 11.4 Å². The molecular weight excluding hydrogens is 291 g/mol. The summed E-state index contributed by atoms with van der Waals surface area (Å²) >= 11 is 12.2. The van der Waals surface area contributed by atoms with Gasteiger partial charge < -0.3 is 4.57 Å². The molecule has 4 heteroatoms. The molecule has 0 fully saturated rings.